The molecule has 0 spiro atoms. The minimum Gasteiger partial charge on any atom is -0.0958 e. The molecule has 0 bridgehead atoms. The third kappa shape index (κ3) is 2.70. The monoisotopic (exact) mass is 278 g/mol. The zero-order valence-electron chi connectivity index (χ0n) is 6.48. The van der Waals surface area contributed by atoms with Gasteiger partial charge in [0.2, 0.25) is 3.79 Å². The van der Waals surface area contributed by atoms with Gasteiger partial charge in [0.15, 0.2) is 4.33 Å². The molecule has 1 aliphatic carbocycles. The lowest BCUT2D eigenvalue weighted by atomic mass is 10.00. The second-order valence-electron chi connectivity index (χ2n) is 2.74. The van der Waals surface area contributed by atoms with Crippen molar-refractivity contribution in [1.82, 2.24) is 0 Å². The van der Waals surface area contributed by atoms with Gasteiger partial charge in [0.05, 0.1) is 0 Å². The molecule has 0 N–H and O–H groups in total. The summed E-state index contributed by atoms with van der Waals surface area (Å²) >= 11 is 28.9. The Morgan fingerprint density at radius 2 is 1.38 bits per heavy atom. The van der Waals surface area contributed by atoms with Gasteiger partial charge in [0.1, 0.15) is 0 Å². The predicted molar refractivity (Wildman–Crippen MR) is 61.1 cm³/mol. The molecule has 0 atom stereocenters. The Morgan fingerprint density at radius 1 is 0.923 bits per heavy atom. The second-order valence-corrected chi connectivity index (χ2v) is 6.41. The van der Waals surface area contributed by atoms with Gasteiger partial charge in [-0.3, -0.25) is 0 Å². The topological polar surface area (TPSA) is 0 Å². The van der Waals surface area contributed by atoms with Crippen LogP contribution >= 0.6 is 58.0 Å². The lowest BCUT2D eigenvalue weighted by Gasteiger charge is -2.32. The molecule has 13 heavy (non-hydrogen) atoms. The van der Waals surface area contributed by atoms with Crippen LogP contribution in [0.2, 0.25) is 0 Å². The highest BCUT2D eigenvalue weighted by molar-refractivity contribution is 6.75. The summed E-state index contributed by atoms with van der Waals surface area (Å²) in [5.74, 6) is -0.267. The largest absolute Gasteiger partial charge is 0.223 e. The molecule has 0 aliphatic heterocycles. The quantitative estimate of drug-likeness (QED) is 0.484. The first-order valence-corrected chi connectivity index (χ1v) is 5.52. The van der Waals surface area contributed by atoms with Crippen LogP contribution in [0.4, 0.5) is 0 Å². The van der Waals surface area contributed by atoms with E-state index >= 15 is 0 Å². The van der Waals surface area contributed by atoms with Gasteiger partial charge < -0.3 is 0 Å². The molecule has 0 nitrogen and oxygen atoms in total. The van der Waals surface area contributed by atoms with Crippen molar-refractivity contribution in [1.29, 1.82) is 0 Å². The van der Waals surface area contributed by atoms with Crippen LogP contribution in [0.1, 0.15) is 6.42 Å². The van der Waals surface area contributed by atoms with Gasteiger partial charge in [0, 0.05) is 5.92 Å². The maximum atomic E-state index is 5.96. The minimum absolute atomic E-state index is 0.267. The molecule has 0 fully saturated rings. The molecule has 0 aromatic heterocycles. The number of allylic oxidation sites excluding steroid dienone is 4. The Labute approximate surface area is 102 Å². The van der Waals surface area contributed by atoms with Crippen molar-refractivity contribution in [3.8, 4) is 0 Å². The first kappa shape index (κ1) is 12.0. The first-order valence-electron chi connectivity index (χ1n) is 3.63. The van der Waals surface area contributed by atoms with Crippen molar-refractivity contribution in [2.24, 2.45) is 5.92 Å². The minimum atomic E-state index is -1.70. The van der Waals surface area contributed by atoms with Crippen LogP contribution in [0.25, 0.3) is 0 Å². The molecule has 0 saturated heterocycles. The van der Waals surface area contributed by atoms with E-state index in [0.29, 0.717) is 0 Å². The van der Waals surface area contributed by atoms with Crippen molar-refractivity contribution in [3.63, 3.8) is 0 Å². The van der Waals surface area contributed by atoms with Crippen LogP contribution in [0.5, 0.6) is 0 Å². The van der Waals surface area contributed by atoms with E-state index in [1.165, 1.54) is 0 Å². The fourth-order valence-electron chi connectivity index (χ4n) is 1.02. The van der Waals surface area contributed by atoms with Crippen LogP contribution in [0.15, 0.2) is 24.3 Å². The number of alkyl halides is 5. The molecule has 0 aromatic rings. The van der Waals surface area contributed by atoms with E-state index in [1.807, 2.05) is 24.3 Å². The van der Waals surface area contributed by atoms with Gasteiger partial charge in [-0.2, -0.15) is 0 Å². The predicted octanol–water partition coefficient (Wildman–Crippen LogP) is 4.66. The molecule has 0 radical (unpaired) electrons. The Bertz CT molecular complexity index is 223. The third-order valence-corrected chi connectivity index (χ3v) is 4.30. The summed E-state index contributed by atoms with van der Waals surface area (Å²) < 4.78 is -3.13. The van der Waals surface area contributed by atoms with E-state index in [4.69, 9.17) is 58.0 Å². The molecule has 0 amide bonds. The number of hydrogen-bond donors (Lipinski definition) is 0. The van der Waals surface area contributed by atoms with Gasteiger partial charge in [-0.05, 0) is 6.42 Å². The summed E-state index contributed by atoms with van der Waals surface area (Å²) in [6.45, 7) is 0. The van der Waals surface area contributed by atoms with Crippen molar-refractivity contribution >= 4 is 58.0 Å². The van der Waals surface area contributed by atoms with Crippen molar-refractivity contribution in [2.75, 3.05) is 0 Å². The lowest BCUT2D eigenvalue weighted by molar-refractivity contribution is 0.665. The van der Waals surface area contributed by atoms with Crippen molar-refractivity contribution in [2.45, 2.75) is 14.5 Å². The third-order valence-electron chi connectivity index (χ3n) is 1.76. The van der Waals surface area contributed by atoms with E-state index in [9.17, 15) is 0 Å². The average molecular weight is 280 g/mol. The molecular weight excluding hydrogens is 273 g/mol. The van der Waals surface area contributed by atoms with Crippen LogP contribution < -0.4 is 0 Å². The summed E-state index contributed by atoms with van der Waals surface area (Å²) in [6, 6.07) is 0. The Morgan fingerprint density at radius 3 is 1.77 bits per heavy atom. The summed E-state index contributed by atoms with van der Waals surface area (Å²) in [5.41, 5.74) is 0. The fraction of sp³-hybridized carbons (Fsp3) is 0.500. The van der Waals surface area contributed by atoms with E-state index < -0.39 is 8.13 Å². The van der Waals surface area contributed by atoms with E-state index in [-0.39, 0.29) is 5.92 Å². The normalized spacial score (nSPS) is 19.5. The molecule has 0 saturated carbocycles. The van der Waals surface area contributed by atoms with Gasteiger partial charge in [-0.1, -0.05) is 82.3 Å². The Kier molecular flexibility index (Phi) is 3.88. The SMILES string of the molecule is ClC(Cl)(Cl)C(Cl)(Cl)C1C=CCC=C1. The maximum Gasteiger partial charge on any atom is 0.223 e. The highest BCUT2D eigenvalue weighted by Gasteiger charge is 2.50. The Balaban J connectivity index is 2.85. The van der Waals surface area contributed by atoms with Crippen LogP contribution in [-0.2, 0) is 0 Å². The number of rotatable bonds is 1. The van der Waals surface area contributed by atoms with Gasteiger partial charge in [-0.25, -0.2) is 0 Å². The average Bonchev–Trinajstić information content (AvgIpc) is 2.04. The standard InChI is InChI=1S/C8H7Cl5/c9-7(10,8(11,12)13)6-4-2-1-3-5-6/h2-6H,1H2. The van der Waals surface area contributed by atoms with Crippen molar-refractivity contribution in [3.05, 3.63) is 24.3 Å². The van der Waals surface area contributed by atoms with E-state index in [1.54, 1.807) is 0 Å². The Hall–Kier alpha value is 0.930. The number of hydrogen-bond acceptors (Lipinski definition) is 0. The van der Waals surface area contributed by atoms with E-state index in [2.05, 4.69) is 0 Å². The zero-order valence-corrected chi connectivity index (χ0v) is 10.3. The van der Waals surface area contributed by atoms with Gasteiger partial charge >= 0.3 is 0 Å². The molecule has 1 aliphatic rings. The maximum absolute atomic E-state index is 5.96. The van der Waals surface area contributed by atoms with Gasteiger partial charge in [-0.15, -0.1) is 0 Å². The smallest absolute Gasteiger partial charge is 0.0958 e. The van der Waals surface area contributed by atoms with Crippen LogP contribution in [-0.4, -0.2) is 8.13 Å². The zero-order chi connectivity index (χ0) is 10.1. The molecule has 0 heterocycles. The highest BCUT2D eigenvalue weighted by Crippen LogP contribution is 2.51. The molecule has 74 valence electrons. The fourth-order valence-corrected chi connectivity index (χ4v) is 1.69. The summed E-state index contributed by atoms with van der Waals surface area (Å²) in [7, 11) is 0. The molecular formula is C8H7Cl5. The van der Waals surface area contributed by atoms with Crippen LogP contribution in [0, 0.1) is 5.92 Å². The van der Waals surface area contributed by atoms with Gasteiger partial charge in [0.25, 0.3) is 0 Å². The lowest BCUT2D eigenvalue weighted by Crippen LogP contribution is -2.37. The molecule has 1 rings (SSSR count). The van der Waals surface area contributed by atoms with E-state index in [0.717, 1.165) is 6.42 Å². The molecule has 0 unspecified atom stereocenters. The van der Waals surface area contributed by atoms with Crippen molar-refractivity contribution < 1.29 is 0 Å². The first-order chi connectivity index (χ1) is 5.86. The summed E-state index contributed by atoms with van der Waals surface area (Å²) in [4.78, 5) is 0. The molecule has 0 aromatic carbocycles. The molecule has 5 heteroatoms. The summed E-state index contributed by atoms with van der Waals surface area (Å²) in [6.07, 6.45) is 8.39. The summed E-state index contributed by atoms with van der Waals surface area (Å²) in [5, 5.41) is 0. The van der Waals surface area contributed by atoms with Crippen LogP contribution in [0.3, 0.4) is 0 Å². The highest BCUT2D eigenvalue weighted by atomic mass is 35.6. The second kappa shape index (κ2) is 4.20. The number of halogens is 5.